The van der Waals surface area contributed by atoms with Gasteiger partial charge in [0.05, 0.1) is 37.1 Å². The van der Waals surface area contributed by atoms with E-state index in [0.717, 1.165) is 28.1 Å². The zero-order valence-corrected chi connectivity index (χ0v) is 30.0. The molecule has 4 N–H and O–H groups in total. The fraction of sp³-hybridized carbons (Fsp3) is 0.244. The van der Waals surface area contributed by atoms with E-state index in [1.54, 1.807) is 6.20 Å². The zero-order chi connectivity index (χ0) is 37.2. The monoisotopic (exact) mass is 712 g/mol. The van der Waals surface area contributed by atoms with Crippen LogP contribution < -0.4 is 15.5 Å². The van der Waals surface area contributed by atoms with E-state index in [-0.39, 0.29) is 25.5 Å². The molecule has 0 bridgehead atoms. The van der Waals surface area contributed by atoms with Gasteiger partial charge >= 0.3 is 11.9 Å². The van der Waals surface area contributed by atoms with Crippen molar-refractivity contribution >= 4 is 23.4 Å². The molecular formula is C41H44N8O4. The van der Waals surface area contributed by atoms with Crippen LogP contribution in [0.5, 0.6) is 0 Å². The van der Waals surface area contributed by atoms with Crippen LogP contribution >= 0.6 is 0 Å². The number of benzene rings is 3. The van der Waals surface area contributed by atoms with Crippen LogP contribution in [-0.4, -0.2) is 75.3 Å². The quantitative estimate of drug-likeness (QED) is 0.0740. The Hall–Kier alpha value is -6.27. The first-order valence-corrected chi connectivity index (χ1v) is 17.4. The average Bonchev–Trinajstić information content (AvgIpc) is 3.89. The molecule has 12 nitrogen and oxygen atoms in total. The fourth-order valence-corrected chi connectivity index (χ4v) is 6.63. The molecule has 0 aliphatic rings. The van der Waals surface area contributed by atoms with Gasteiger partial charge in [0.25, 0.3) is 0 Å². The Labute approximate surface area is 308 Å². The topological polar surface area (TPSA) is 150 Å². The van der Waals surface area contributed by atoms with Crippen molar-refractivity contribution in [3.63, 3.8) is 0 Å². The molecule has 0 radical (unpaired) electrons. The van der Waals surface area contributed by atoms with E-state index in [9.17, 15) is 14.7 Å². The second kappa shape index (κ2) is 16.8. The van der Waals surface area contributed by atoms with Crippen LogP contribution in [0.4, 0.5) is 11.5 Å². The van der Waals surface area contributed by atoms with Crippen LogP contribution in [0.3, 0.4) is 0 Å². The summed E-state index contributed by atoms with van der Waals surface area (Å²) in [5, 5.41) is 16.3. The maximum Gasteiger partial charge on any atom is 0.321 e. The van der Waals surface area contributed by atoms with E-state index < -0.39 is 23.5 Å². The first-order valence-electron chi connectivity index (χ1n) is 17.4. The van der Waals surface area contributed by atoms with Crippen molar-refractivity contribution < 1.29 is 19.4 Å². The van der Waals surface area contributed by atoms with Gasteiger partial charge in [0.2, 0.25) is 0 Å². The Morgan fingerprint density at radius 1 is 0.906 bits per heavy atom. The van der Waals surface area contributed by atoms with Crippen LogP contribution in [0, 0.1) is 5.92 Å². The summed E-state index contributed by atoms with van der Waals surface area (Å²) < 4.78 is 7.38. The van der Waals surface area contributed by atoms with Gasteiger partial charge in [-0.3, -0.25) is 14.9 Å². The fourth-order valence-electron chi connectivity index (χ4n) is 6.63. The molecule has 0 fully saturated rings. The van der Waals surface area contributed by atoms with Gasteiger partial charge in [-0.25, -0.2) is 15.0 Å². The lowest BCUT2D eigenvalue weighted by Crippen LogP contribution is -2.38. The maximum atomic E-state index is 13.2. The second-order valence-corrected chi connectivity index (χ2v) is 13.0. The molecule has 53 heavy (non-hydrogen) atoms. The summed E-state index contributed by atoms with van der Waals surface area (Å²) in [5.41, 5.74) is 5.43. The van der Waals surface area contributed by atoms with Crippen LogP contribution in [0.2, 0.25) is 0 Å². The molecule has 0 aliphatic carbocycles. The normalized spacial score (nSPS) is 12.5. The number of pyridine rings is 1. The number of nitrogens with zero attached hydrogens (tertiary/aromatic N) is 5. The summed E-state index contributed by atoms with van der Waals surface area (Å²) in [7, 11) is 5.22. The van der Waals surface area contributed by atoms with Crippen molar-refractivity contribution in [1.29, 1.82) is 0 Å². The third-order valence-electron chi connectivity index (χ3n) is 9.30. The lowest BCUT2D eigenvalue weighted by molar-refractivity contribution is -0.145. The lowest BCUT2D eigenvalue weighted by atomic mass is 9.77. The Morgan fingerprint density at radius 2 is 1.53 bits per heavy atom. The van der Waals surface area contributed by atoms with E-state index in [4.69, 9.17) is 14.7 Å². The molecule has 0 unspecified atom stereocenters. The highest BCUT2D eigenvalue weighted by atomic mass is 16.5. The molecule has 0 saturated carbocycles. The number of imidazole rings is 2. The standard InChI is InChI=1S/C41H44N8O4/c1-48(2)36-20-34(25-43-37(39(50)51)21-33-24-42-27-45-33)47-38(22-36)44-23-29(40(52)53-3)19-35-26-49(28-46-35)41(30-13-7-4-8-14-30,31-15-9-5-10-16-31)32-17-11-6-12-18-32/h4-18,20,22,24,26-29,37,43H,19,21,23,25H2,1-3H3,(H,42,45)(H,44,47)(H,50,51)/t29-,37-/m0/s1. The zero-order valence-electron chi connectivity index (χ0n) is 30.0. The molecule has 3 heterocycles. The van der Waals surface area contributed by atoms with E-state index in [1.807, 2.05) is 98.2 Å². The van der Waals surface area contributed by atoms with Crippen LogP contribution in [-0.2, 0) is 39.3 Å². The van der Waals surface area contributed by atoms with E-state index in [2.05, 4.69) is 61.6 Å². The van der Waals surface area contributed by atoms with Crippen LogP contribution in [0.15, 0.2) is 128 Å². The molecule has 0 spiro atoms. The number of esters is 1. The number of carbonyl (C=O) groups excluding carboxylic acids is 1. The van der Waals surface area contributed by atoms with Gasteiger partial charge in [0.15, 0.2) is 0 Å². The Morgan fingerprint density at radius 3 is 2.06 bits per heavy atom. The molecular weight excluding hydrogens is 669 g/mol. The Balaban J connectivity index is 1.25. The summed E-state index contributed by atoms with van der Waals surface area (Å²) in [6.07, 6.45) is 7.54. The molecule has 3 aromatic carbocycles. The minimum atomic E-state index is -0.973. The highest BCUT2D eigenvalue weighted by Gasteiger charge is 2.38. The number of ether oxygens (including phenoxy) is 1. The Kier molecular flexibility index (Phi) is 11.6. The van der Waals surface area contributed by atoms with Crippen molar-refractivity contribution in [2.45, 2.75) is 31.0 Å². The summed E-state index contributed by atoms with van der Waals surface area (Å²) in [4.78, 5) is 43.7. The van der Waals surface area contributed by atoms with E-state index in [1.165, 1.54) is 13.4 Å². The van der Waals surface area contributed by atoms with E-state index >= 15 is 0 Å². The van der Waals surface area contributed by atoms with Crippen molar-refractivity contribution in [2.24, 2.45) is 5.92 Å². The van der Waals surface area contributed by atoms with Gasteiger partial charge < -0.3 is 29.6 Å². The molecule has 6 aromatic rings. The molecule has 2 atom stereocenters. The number of anilines is 2. The largest absolute Gasteiger partial charge is 0.480 e. The number of aromatic amines is 1. The van der Waals surface area contributed by atoms with Gasteiger partial charge in [-0.2, -0.15) is 0 Å². The maximum absolute atomic E-state index is 13.2. The van der Waals surface area contributed by atoms with Crippen LogP contribution in [0.25, 0.3) is 0 Å². The van der Waals surface area contributed by atoms with Gasteiger partial charge in [0.1, 0.15) is 17.4 Å². The second-order valence-electron chi connectivity index (χ2n) is 13.0. The minimum Gasteiger partial charge on any atom is -0.480 e. The number of rotatable bonds is 17. The third kappa shape index (κ3) is 8.45. The van der Waals surface area contributed by atoms with Crippen LogP contribution in [0.1, 0.15) is 33.8 Å². The molecule has 12 heteroatoms. The molecule has 3 aromatic heterocycles. The van der Waals surface area contributed by atoms with E-state index in [0.29, 0.717) is 23.6 Å². The number of nitrogens with one attached hydrogen (secondary N) is 3. The van der Waals surface area contributed by atoms with Gasteiger partial charge in [-0.15, -0.1) is 0 Å². The number of carboxylic acids is 1. The van der Waals surface area contributed by atoms with Crippen molar-refractivity contribution in [2.75, 3.05) is 38.0 Å². The number of hydrogen-bond donors (Lipinski definition) is 4. The number of aromatic nitrogens is 5. The summed E-state index contributed by atoms with van der Waals surface area (Å²) in [6, 6.07) is 34.0. The first kappa shape index (κ1) is 36.5. The predicted molar refractivity (Wildman–Crippen MR) is 204 cm³/mol. The SMILES string of the molecule is COC(=O)[C@H](CNc1cc(N(C)C)cc(CN[C@@H](Cc2cnc[nH]2)C(=O)O)n1)Cc1cn(C(c2ccccc2)(c2ccccc2)c2ccccc2)cn1. The molecule has 272 valence electrons. The number of aliphatic carboxylic acids is 1. The summed E-state index contributed by atoms with van der Waals surface area (Å²) in [5.74, 6) is -1.39. The number of carboxylic acid groups (broad SMARTS) is 1. The number of hydrogen-bond acceptors (Lipinski definition) is 9. The predicted octanol–water partition coefficient (Wildman–Crippen LogP) is 5.14. The average molecular weight is 713 g/mol. The first-order chi connectivity index (χ1) is 25.8. The number of carbonyl (C=O) groups is 2. The minimum absolute atomic E-state index is 0.214. The van der Waals surface area contributed by atoms with Gasteiger partial charge in [-0.1, -0.05) is 91.0 Å². The van der Waals surface area contributed by atoms with Gasteiger partial charge in [-0.05, 0) is 22.8 Å². The van der Waals surface area contributed by atoms with Crippen molar-refractivity contribution in [3.05, 3.63) is 162 Å². The molecule has 0 saturated heterocycles. The summed E-state index contributed by atoms with van der Waals surface area (Å²) in [6.45, 7) is 0.445. The van der Waals surface area contributed by atoms with Crippen molar-refractivity contribution in [3.8, 4) is 0 Å². The smallest absolute Gasteiger partial charge is 0.321 e. The van der Waals surface area contributed by atoms with Crippen molar-refractivity contribution in [1.82, 2.24) is 29.8 Å². The molecule has 0 aliphatic heterocycles. The Bertz CT molecular complexity index is 1970. The third-order valence-corrected chi connectivity index (χ3v) is 9.30. The molecule has 6 rings (SSSR count). The number of methoxy groups -OCH3 is 1. The lowest BCUT2D eigenvalue weighted by Gasteiger charge is -2.37. The number of H-pyrrole nitrogens is 1. The van der Waals surface area contributed by atoms with Gasteiger partial charge in [0, 0.05) is 69.9 Å². The molecule has 0 amide bonds. The highest BCUT2D eigenvalue weighted by molar-refractivity contribution is 5.74. The highest BCUT2D eigenvalue weighted by Crippen LogP contribution is 2.41. The summed E-state index contributed by atoms with van der Waals surface area (Å²) >= 11 is 0.